The summed E-state index contributed by atoms with van der Waals surface area (Å²) in [5, 5.41) is 33.8. The van der Waals surface area contributed by atoms with E-state index in [2.05, 4.69) is 15.4 Å². The molecule has 0 aliphatic heterocycles. The van der Waals surface area contributed by atoms with Crippen LogP contribution in [0.3, 0.4) is 0 Å². The van der Waals surface area contributed by atoms with Crippen molar-refractivity contribution in [3.8, 4) is 23.0 Å². The summed E-state index contributed by atoms with van der Waals surface area (Å²) in [5.41, 5.74) is 0.946. The van der Waals surface area contributed by atoms with Crippen molar-refractivity contribution in [1.29, 1.82) is 0 Å². The molecule has 0 aliphatic rings. The molecular weight excluding hydrogens is 432 g/mol. The van der Waals surface area contributed by atoms with Gasteiger partial charge in [0.1, 0.15) is 5.75 Å². The standard InChI is InChI=1S/C23H20N2O8/c1-2-32-23(31)33-17-8-6-13(7-9-17)21(29)24-15-4-3-5-16(12-15)25-22(30)14-10-18(26)20(28)19(27)11-14/h3-12,26-28H,2H2,1H3,(H,24,29)(H,25,30). The summed E-state index contributed by atoms with van der Waals surface area (Å²) in [5.74, 6) is -2.87. The first-order chi connectivity index (χ1) is 15.8. The average molecular weight is 452 g/mol. The maximum Gasteiger partial charge on any atom is 0.513 e. The van der Waals surface area contributed by atoms with E-state index < -0.39 is 35.2 Å². The third kappa shape index (κ3) is 5.91. The molecule has 10 heteroatoms. The van der Waals surface area contributed by atoms with Gasteiger partial charge in [0.05, 0.1) is 6.61 Å². The summed E-state index contributed by atoms with van der Waals surface area (Å²) in [4.78, 5) is 36.2. The highest BCUT2D eigenvalue weighted by Crippen LogP contribution is 2.35. The molecule has 0 aliphatic carbocycles. The average Bonchev–Trinajstić information content (AvgIpc) is 2.78. The van der Waals surface area contributed by atoms with E-state index in [0.29, 0.717) is 16.9 Å². The number of phenols is 3. The molecule has 0 bridgehead atoms. The van der Waals surface area contributed by atoms with Crippen LogP contribution in [0.15, 0.2) is 60.7 Å². The fourth-order valence-electron chi connectivity index (χ4n) is 2.73. The molecule has 10 nitrogen and oxygen atoms in total. The summed E-state index contributed by atoms with van der Waals surface area (Å²) < 4.78 is 9.62. The van der Waals surface area contributed by atoms with Crippen molar-refractivity contribution in [1.82, 2.24) is 0 Å². The topological polar surface area (TPSA) is 154 Å². The van der Waals surface area contributed by atoms with Crippen LogP contribution in [0.4, 0.5) is 16.2 Å². The maximum atomic E-state index is 12.5. The normalized spacial score (nSPS) is 10.2. The number of amides is 2. The van der Waals surface area contributed by atoms with Crippen LogP contribution in [0, 0.1) is 0 Å². The van der Waals surface area contributed by atoms with Crippen molar-refractivity contribution < 1.29 is 39.2 Å². The van der Waals surface area contributed by atoms with Crippen LogP contribution in [0.2, 0.25) is 0 Å². The molecule has 3 aromatic carbocycles. The van der Waals surface area contributed by atoms with Gasteiger partial charge in [-0.25, -0.2) is 4.79 Å². The van der Waals surface area contributed by atoms with Crippen LogP contribution in [0.5, 0.6) is 23.0 Å². The van der Waals surface area contributed by atoms with Crippen LogP contribution in [-0.4, -0.2) is 39.9 Å². The van der Waals surface area contributed by atoms with Gasteiger partial charge in [-0.15, -0.1) is 0 Å². The molecule has 33 heavy (non-hydrogen) atoms. The third-order valence-electron chi connectivity index (χ3n) is 4.29. The van der Waals surface area contributed by atoms with Gasteiger partial charge in [-0.2, -0.15) is 0 Å². The van der Waals surface area contributed by atoms with E-state index in [-0.39, 0.29) is 17.9 Å². The van der Waals surface area contributed by atoms with Crippen LogP contribution in [0.25, 0.3) is 0 Å². The van der Waals surface area contributed by atoms with Gasteiger partial charge in [-0.05, 0) is 61.5 Å². The number of phenolic OH excluding ortho intramolecular Hbond substituents is 3. The summed E-state index contributed by atoms with van der Waals surface area (Å²) in [6, 6.07) is 14.2. The molecule has 0 atom stereocenters. The van der Waals surface area contributed by atoms with Crippen molar-refractivity contribution in [2.24, 2.45) is 0 Å². The number of hydrogen-bond acceptors (Lipinski definition) is 8. The number of ether oxygens (including phenoxy) is 2. The van der Waals surface area contributed by atoms with Gasteiger partial charge in [0, 0.05) is 22.5 Å². The van der Waals surface area contributed by atoms with Gasteiger partial charge < -0.3 is 35.4 Å². The highest BCUT2D eigenvalue weighted by atomic mass is 16.7. The van der Waals surface area contributed by atoms with Crippen molar-refractivity contribution in [2.45, 2.75) is 6.92 Å². The summed E-state index contributed by atoms with van der Waals surface area (Å²) in [6.45, 7) is 1.83. The number of carbonyl (C=O) groups is 3. The van der Waals surface area contributed by atoms with E-state index >= 15 is 0 Å². The Morgan fingerprint density at radius 1 is 0.788 bits per heavy atom. The number of aromatic hydroxyl groups is 3. The lowest BCUT2D eigenvalue weighted by Gasteiger charge is -2.10. The van der Waals surface area contributed by atoms with Gasteiger partial charge in [-0.1, -0.05) is 6.07 Å². The Bertz CT molecular complexity index is 1170. The van der Waals surface area contributed by atoms with Crippen molar-refractivity contribution >= 4 is 29.3 Å². The van der Waals surface area contributed by atoms with E-state index in [1.54, 1.807) is 25.1 Å². The summed E-state index contributed by atoms with van der Waals surface area (Å²) in [7, 11) is 0. The second kappa shape index (κ2) is 10.1. The quantitative estimate of drug-likeness (QED) is 0.215. The minimum absolute atomic E-state index is 0.0811. The smallest absolute Gasteiger partial charge is 0.504 e. The zero-order valence-corrected chi connectivity index (χ0v) is 17.4. The third-order valence-corrected chi connectivity index (χ3v) is 4.29. The zero-order chi connectivity index (χ0) is 24.0. The monoisotopic (exact) mass is 452 g/mol. The fraction of sp³-hybridized carbons (Fsp3) is 0.0870. The lowest BCUT2D eigenvalue weighted by atomic mass is 10.1. The van der Waals surface area contributed by atoms with Crippen molar-refractivity contribution in [3.63, 3.8) is 0 Å². The predicted octanol–water partition coefficient (Wildman–Crippen LogP) is 3.84. The Balaban J connectivity index is 1.65. The Morgan fingerprint density at radius 2 is 1.33 bits per heavy atom. The number of nitrogens with one attached hydrogen (secondary N) is 2. The molecule has 5 N–H and O–H groups in total. The largest absolute Gasteiger partial charge is 0.513 e. The first kappa shape index (κ1) is 22.9. The van der Waals surface area contributed by atoms with Gasteiger partial charge in [0.15, 0.2) is 17.2 Å². The van der Waals surface area contributed by atoms with Crippen LogP contribution in [-0.2, 0) is 4.74 Å². The van der Waals surface area contributed by atoms with E-state index in [9.17, 15) is 29.7 Å². The van der Waals surface area contributed by atoms with Gasteiger partial charge >= 0.3 is 6.16 Å². The van der Waals surface area contributed by atoms with E-state index in [1.165, 1.54) is 30.3 Å². The van der Waals surface area contributed by atoms with Crippen LogP contribution < -0.4 is 15.4 Å². The molecule has 2 amide bonds. The number of benzene rings is 3. The number of rotatable bonds is 6. The lowest BCUT2D eigenvalue weighted by Crippen LogP contribution is -2.14. The van der Waals surface area contributed by atoms with Crippen LogP contribution in [0.1, 0.15) is 27.6 Å². The maximum absolute atomic E-state index is 12.5. The Labute approximate surface area is 188 Å². The first-order valence-electron chi connectivity index (χ1n) is 9.69. The van der Waals surface area contributed by atoms with Gasteiger partial charge in [0.25, 0.3) is 11.8 Å². The zero-order valence-electron chi connectivity index (χ0n) is 17.4. The Kier molecular flexibility index (Phi) is 6.99. The molecule has 3 rings (SSSR count). The highest BCUT2D eigenvalue weighted by molar-refractivity contribution is 6.06. The van der Waals surface area contributed by atoms with Crippen LogP contribution >= 0.6 is 0 Å². The molecule has 0 unspecified atom stereocenters. The molecule has 0 heterocycles. The van der Waals surface area contributed by atoms with E-state index in [4.69, 9.17) is 4.74 Å². The number of carbonyl (C=O) groups excluding carboxylic acids is 3. The minimum atomic E-state index is -0.841. The van der Waals surface area contributed by atoms with Gasteiger partial charge in [0.2, 0.25) is 0 Å². The van der Waals surface area contributed by atoms with Crippen molar-refractivity contribution in [2.75, 3.05) is 17.2 Å². The van der Waals surface area contributed by atoms with E-state index in [1.807, 2.05) is 0 Å². The fourth-order valence-corrected chi connectivity index (χ4v) is 2.73. The molecule has 0 aromatic heterocycles. The number of hydrogen-bond donors (Lipinski definition) is 5. The number of anilines is 2. The molecule has 170 valence electrons. The molecule has 3 aromatic rings. The summed E-state index contributed by atoms with van der Waals surface area (Å²) >= 11 is 0. The molecule has 0 saturated heterocycles. The lowest BCUT2D eigenvalue weighted by molar-refractivity contribution is 0.101. The Morgan fingerprint density at radius 3 is 1.88 bits per heavy atom. The van der Waals surface area contributed by atoms with Crippen molar-refractivity contribution in [3.05, 3.63) is 71.8 Å². The molecule has 0 saturated carbocycles. The second-order valence-corrected chi connectivity index (χ2v) is 6.66. The molecule has 0 radical (unpaired) electrons. The Hall–Kier alpha value is -4.73. The molecule has 0 fully saturated rings. The first-order valence-corrected chi connectivity index (χ1v) is 9.69. The summed E-state index contributed by atoms with van der Waals surface area (Å²) in [6.07, 6.45) is -0.841. The molecular formula is C23H20N2O8. The highest BCUT2D eigenvalue weighted by Gasteiger charge is 2.14. The van der Waals surface area contributed by atoms with Gasteiger partial charge in [-0.3, -0.25) is 9.59 Å². The molecule has 0 spiro atoms. The minimum Gasteiger partial charge on any atom is -0.504 e. The van der Waals surface area contributed by atoms with E-state index in [0.717, 1.165) is 12.1 Å². The predicted molar refractivity (Wildman–Crippen MR) is 118 cm³/mol. The SMILES string of the molecule is CCOC(=O)Oc1ccc(C(=O)Nc2cccc(NC(=O)c3cc(O)c(O)c(O)c3)c2)cc1. The second-order valence-electron chi connectivity index (χ2n) is 6.66.